The third kappa shape index (κ3) is 5.64. The second-order valence-electron chi connectivity index (χ2n) is 10.2. The lowest BCUT2D eigenvalue weighted by atomic mass is 9.95. The van der Waals surface area contributed by atoms with Crippen LogP contribution in [0.4, 0.5) is 15.4 Å². The summed E-state index contributed by atoms with van der Waals surface area (Å²) in [5.41, 5.74) is -0.277. The van der Waals surface area contributed by atoms with Crippen molar-refractivity contribution in [2.45, 2.75) is 96.9 Å². The minimum absolute atomic E-state index is 0.0899. The van der Waals surface area contributed by atoms with Crippen LogP contribution in [0.1, 0.15) is 85.3 Å². The molecular weight excluding hydrogens is 382 g/mol. The van der Waals surface area contributed by atoms with E-state index < -0.39 is 11.2 Å². The molecule has 0 spiro atoms. The van der Waals surface area contributed by atoms with E-state index in [1.165, 1.54) is 0 Å². The highest BCUT2D eigenvalue weighted by Gasteiger charge is 2.41. The van der Waals surface area contributed by atoms with E-state index in [0.717, 1.165) is 37.7 Å². The Morgan fingerprint density at radius 2 is 1.70 bits per heavy atom. The highest BCUT2D eigenvalue weighted by atomic mass is 16.6. The summed E-state index contributed by atoms with van der Waals surface area (Å²) in [6.07, 6.45) is 5.59. The van der Waals surface area contributed by atoms with Crippen LogP contribution in [0.25, 0.3) is 0 Å². The van der Waals surface area contributed by atoms with E-state index in [2.05, 4.69) is 4.98 Å². The molecule has 166 valence electrons. The van der Waals surface area contributed by atoms with Crippen LogP contribution in [-0.4, -0.2) is 45.9 Å². The van der Waals surface area contributed by atoms with Crippen molar-refractivity contribution < 1.29 is 19.1 Å². The van der Waals surface area contributed by atoms with Gasteiger partial charge < -0.3 is 14.4 Å². The number of likely N-dealkylation sites (tertiary alicyclic amines) is 1. The predicted molar refractivity (Wildman–Crippen MR) is 116 cm³/mol. The Morgan fingerprint density at radius 3 is 2.30 bits per heavy atom. The number of aromatic nitrogens is 1. The summed E-state index contributed by atoms with van der Waals surface area (Å²) in [5.74, 6) is 0.592. The molecule has 1 aliphatic heterocycles. The molecule has 7 nitrogen and oxygen atoms in total. The molecule has 2 fully saturated rings. The van der Waals surface area contributed by atoms with Crippen molar-refractivity contribution in [3.63, 3.8) is 0 Å². The summed E-state index contributed by atoms with van der Waals surface area (Å²) in [5, 5.41) is 0. The zero-order chi connectivity index (χ0) is 22.1. The van der Waals surface area contributed by atoms with Crippen LogP contribution >= 0.6 is 0 Å². The molecule has 1 aliphatic carbocycles. The molecule has 3 rings (SSSR count). The predicted octanol–water partition coefficient (Wildman–Crippen LogP) is 5.45. The van der Waals surface area contributed by atoms with E-state index >= 15 is 0 Å². The maximum absolute atomic E-state index is 13.0. The van der Waals surface area contributed by atoms with Crippen molar-refractivity contribution in [1.29, 1.82) is 0 Å². The van der Waals surface area contributed by atoms with Gasteiger partial charge in [-0.25, -0.2) is 14.6 Å². The first-order valence-electron chi connectivity index (χ1n) is 10.9. The highest BCUT2D eigenvalue weighted by Crippen LogP contribution is 2.40. The molecule has 0 radical (unpaired) electrons. The second kappa shape index (κ2) is 8.44. The molecule has 0 unspecified atom stereocenters. The van der Waals surface area contributed by atoms with Crippen molar-refractivity contribution in [3.8, 4) is 0 Å². The molecule has 1 saturated heterocycles. The monoisotopic (exact) mass is 417 g/mol. The Bertz CT molecular complexity index is 777. The fourth-order valence-corrected chi connectivity index (χ4v) is 3.72. The largest absolute Gasteiger partial charge is 0.444 e. The average Bonchev–Trinajstić information content (AvgIpc) is 3.44. The molecule has 0 bridgehead atoms. The van der Waals surface area contributed by atoms with Crippen LogP contribution in [0.15, 0.2) is 18.3 Å². The number of anilines is 1. The van der Waals surface area contributed by atoms with Gasteiger partial charge in [0.25, 0.3) is 0 Å². The molecule has 2 heterocycles. The van der Waals surface area contributed by atoms with Crippen LogP contribution in [0.2, 0.25) is 0 Å². The smallest absolute Gasteiger partial charge is 0.416 e. The summed E-state index contributed by atoms with van der Waals surface area (Å²) in [4.78, 5) is 34.0. The van der Waals surface area contributed by atoms with E-state index in [-0.39, 0.29) is 24.3 Å². The van der Waals surface area contributed by atoms with Gasteiger partial charge in [0.1, 0.15) is 17.0 Å². The average molecular weight is 418 g/mol. The van der Waals surface area contributed by atoms with Crippen LogP contribution in [-0.2, 0) is 9.47 Å². The van der Waals surface area contributed by atoms with Gasteiger partial charge >= 0.3 is 12.2 Å². The van der Waals surface area contributed by atoms with E-state index in [9.17, 15) is 9.59 Å². The lowest BCUT2D eigenvalue weighted by molar-refractivity contribution is 0.00955. The van der Waals surface area contributed by atoms with Gasteiger partial charge in [-0.15, -0.1) is 0 Å². The Labute approximate surface area is 179 Å². The van der Waals surface area contributed by atoms with Crippen LogP contribution in [0, 0.1) is 0 Å². The zero-order valence-corrected chi connectivity index (χ0v) is 19.1. The summed E-state index contributed by atoms with van der Waals surface area (Å²) in [6.45, 7) is 11.8. The SMILES string of the molecule is CC(C)(C)OC(=O)N(c1ncccc1[C@H]1CCCCN1C(=O)OC(C)(C)C)C1CC1. The van der Waals surface area contributed by atoms with Gasteiger partial charge in [-0.05, 0) is 79.7 Å². The van der Waals surface area contributed by atoms with Gasteiger partial charge in [-0.2, -0.15) is 0 Å². The van der Waals surface area contributed by atoms with Gasteiger partial charge in [0, 0.05) is 24.3 Å². The van der Waals surface area contributed by atoms with Crippen molar-refractivity contribution in [3.05, 3.63) is 23.9 Å². The molecule has 1 saturated carbocycles. The fraction of sp³-hybridized carbons (Fsp3) is 0.696. The van der Waals surface area contributed by atoms with E-state index in [1.807, 2.05) is 53.7 Å². The number of hydrogen-bond donors (Lipinski definition) is 0. The second-order valence-corrected chi connectivity index (χ2v) is 10.2. The summed E-state index contributed by atoms with van der Waals surface area (Å²) in [6, 6.07) is 3.74. The first-order valence-corrected chi connectivity index (χ1v) is 10.9. The van der Waals surface area contributed by atoms with Gasteiger partial charge in [0.05, 0.1) is 6.04 Å². The normalized spacial score (nSPS) is 19.9. The molecule has 1 aromatic rings. The quantitative estimate of drug-likeness (QED) is 0.654. The molecule has 1 aromatic heterocycles. The number of ether oxygens (including phenoxy) is 2. The third-order valence-electron chi connectivity index (χ3n) is 5.04. The van der Waals surface area contributed by atoms with E-state index in [1.54, 1.807) is 16.0 Å². The molecule has 7 heteroatoms. The van der Waals surface area contributed by atoms with E-state index in [4.69, 9.17) is 9.47 Å². The minimum atomic E-state index is -0.591. The van der Waals surface area contributed by atoms with Gasteiger partial charge in [-0.3, -0.25) is 4.90 Å². The summed E-state index contributed by atoms with van der Waals surface area (Å²) in [7, 11) is 0. The first-order chi connectivity index (χ1) is 14.0. The van der Waals surface area contributed by atoms with Crippen LogP contribution in [0.3, 0.4) is 0 Å². The zero-order valence-electron chi connectivity index (χ0n) is 19.1. The van der Waals surface area contributed by atoms with Crippen molar-refractivity contribution in [2.75, 3.05) is 11.4 Å². The van der Waals surface area contributed by atoms with Gasteiger partial charge in [-0.1, -0.05) is 6.07 Å². The molecule has 0 aromatic carbocycles. The summed E-state index contributed by atoms with van der Waals surface area (Å²) >= 11 is 0. The molecule has 0 N–H and O–H groups in total. The molecule has 30 heavy (non-hydrogen) atoms. The lowest BCUT2D eigenvalue weighted by Gasteiger charge is -2.38. The van der Waals surface area contributed by atoms with Gasteiger partial charge in [0.2, 0.25) is 0 Å². The van der Waals surface area contributed by atoms with E-state index in [0.29, 0.717) is 12.4 Å². The number of hydrogen-bond acceptors (Lipinski definition) is 5. The maximum Gasteiger partial charge on any atom is 0.416 e. The fourth-order valence-electron chi connectivity index (χ4n) is 3.72. The lowest BCUT2D eigenvalue weighted by Crippen LogP contribution is -2.43. The van der Waals surface area contributed by atoms with Crippen molar-refractivity contribution in [1.82, 2.24) is 9.88 Å². The highest BCUT2D eigenvalue weighted by molar-refractivity contribution is 5.89. The maximum atomic E-state index is 13.0. The molecule has 2 aliphatic rings. The topological polar surface area (TPSA) is 72.0 Å². The standard InChI is InChI=1S/C23H35N3O4/c1-22(2,3)29-20(27)25-15-8-7-11-18(25)17-10-9-14-24-19(17)26(16-12-13-16)21(28)30-23(4,5)6/h9-10,14,16,18H,7-8,11-13,15H2,1-6H3/t18-/m1/s1. The number of carbonyl (C=O) groups excluding carboxylic acids is 2. The number of pyridine rings is 1. The number of carbonyl (C=O) groups is 2. The van der Waals surface area contributed by atoms with Crippen LogP contribution < -0.4 is 4.90 Å². The van der Waals surface area contributed by atoms with Crippen molar-refractivity contribution >= 4 is 18.0 Å². The Morgan fingerprint density at radius 1 is 1.03 bits per heavy atom. The number of amides is 2. The first kappa shape index (κ1) is 22.4. The molecule has 2 amide bonds. The Balaban J connectivity index is 1.94. The summed E-state index contributed by atoms with van der Waals surface area (Å²) < 4.78 is 11.3. The molecule has 1 atom stereocenters. The number of nitrogens with zero attached hydrogens (tertiary/aromatic N) is 3. The van der Waals surface area contributed by atoms with Gasteiger partial charge in [0.15, 0.2) is 0 Å². The minimum Gasteiger partial charge on any atom is -0.444 e. The number of rotatable bonds is 3. The Hall–Kier alpha value is -2.31. The number of piperidine rings is 1. The van der Waals surface area contributed by atoms with Crippen LogP contribution in [0.5, 0.6) is 0 Å². The van der Waals surface area contributed by atoms with Crippen molar-refractivity contribution in [2.24, 2.45) is 0 Å². The Kier molecular flexibility index (Phi) is 6.29. The third-order valence-corrected chi connectivity index (χ3v) is 5.04. The molecular formula is C23H35N3O4.